The first-order chi connectivity index (χ1) is 12.3. The van der Waals surface area contributed by atoms with Gasteiger partial charge in [-0.25, -0.2) is 0 Å². The molecule has 0 amide bonds. The van der Waals surface area contributed by atoms with Crippen molar-refractivity contribution < 1.29 is 9.47 Å². The zero-order chi connectivity index (χ0) is 17.5. The second-order valence-electron chi connectivity index (χ2n) is 6.37. The highest BCUT2D eigenvalue weighted by molar-refractivity contribution is 5.39. The van der Waals surface area contributed by atoms with Gasteiger partial charge in [-0.05, 0) is 50.4 Å². The Hall–Kier alpha value is -2.34. The van der Waals surface area contributed by atoms with Crippen LogP contribution in [0.4, 0.5) is 0 Å². The van der Waals surface area contributed by atoms with Gasteiger partial charge >= 0.3 is 0 Å². The third-order valence-corrected chi connectivity index (χ3v) is 4.71. The summed E-state index contributed by atoms with van der Waals surface area (Å²) >= 11 is 0. The van der Waals surface area contributed by atoms with E-state index in [2.05, 4.69) is 14.9 Å². The van der Waals surface area contributed by atoms with Crippen molar-refractivity contribution in [3.8, 4) is 11.5 Å². The molecule has 25 heavy (non-hydrogen) atoms. The molecule has 1 saturated heterocycles. The molecule has 1 N–H and O–H groups in total. The zero-order valence-electron chi connectivity index (χ0n) is 14.6. The molecule has 134 valence electrons. The van der Waals surface area contributed by atoms with Crippen LogP contribution in [0.5, 0.6) is 11.5 Å². The lowest BCUT2D eigenvalue weighted by atomic mass is 9.94. The molecule has 1 aliphatic heterocycles. The van der Waals surface area contributed by atoms with Crippen molar-refractivity contribution in [1.82, 2.24) is 14.9 Å². The normalized spacial score (nSPS) is 15.9. The number of nitrogens with zero attached hydrogens (tertiary/aromatic N) is 2. The van der Waals surface area contributed by atoms with E-state index in [1.54, 1.807) is 19.5 Å². The molecular weight excluding hydrogens is 318 g/mol. The van der Waals surface area contributed by atoms with Crippen LogP contribution in [0.15, 0.2) is 41.5 Å². The van der Waals surface area contributed by atoms with Gasteiger partial charge in [0.15, 0.2) is 11.5 Å². The summed E-state index contributed by atoms with van der Waals surface area (Å²) in [5.41, 5.74) is 0.510. The number of benzene rings is 1. The van der Waals surface area contributed by atoms with E-state index in [1.807, 2.05) is 24.3 Å². The van der Waals surface area contributed by atoms with Gasteiger partial charge in [0.25, 0.3) is 5.56 Å². The quantitative estimate of drug-likeness (QED) is 0.836. The topological polar surface area (TPSA) is 67.5 Å². The number of likely N-dealkylation sites (tertiary alicyclic amines) is 1. The highest BCUT2D eigenvalue weighted by atomic mass is 16.5. The maximum Gasteiger partial charge on any atom is 0.270 e. The van der Waals surface area contributed by atoms with E-state index in [0.29, 0.717) is 24.8 Å². The SMILES string of the molecule is COc1ccccc1OCCC1CCN(Cc2ncc[nH]c2=O)CC1. The maximum atomic E-state index is 11.7. The summed E-state index contributed by atoms with van der Waals surface area (Å²) in [5.74, 6) is 2.24. The molecule has 1 aliphatic rings. The summed E-state index contributed by atoms with van der Waals surface area (Å²) in [6, 6.07) is 7.74. The Morgan fingerprint density at radius 1 is 1.24 bits per heavy atom. The maximum absolute atomic E-state index is 11.7. The number of aromatic nitrogens is 2. The summed E-state index contributed by atoms with van der Waals surface area (Å²) in [7, 11) is 1.66. The van der Waals surface area contributed by atoms with Gasteiger partial charge in [-0.3, -0.25) is 14.7 Å². The van der Waals surface area contributed by atoms with Gasteiger partial charge < -0.3 is 14.5 Å². The van der Waals surface area contributed by atoms with Gasteiger partial charge in [-0.1, -0.05) is 12.1 Å². The fourth-order valence-electron chi connectivity index (χ4n) is 3.21. The molecule has 1 fully saturated rings. The highest BCUT2D eigenvalue weighted by Crippen LogP contribution is 2.27. The van der Waals surface area contributed by atoms with Gasteiger partial charge in [0.05, 0.1) is 13.7 Å². The molecule has 0 radical (unpaired) electrons. The lowest BCUT2D eigenvalue weighted by Gasteiger charge is -2.31. The molecule has 0 unspecified atom stereocenters. The Morgan fingerprint density at radius 2 is 2.00 bits per heavy atom. The summed E-state index contributed by atoms with van der Waals surface area (Å²) in [4.78, 5) is 20.9. The molecule has 1 aromatic heterocycles. The average molecular weight is 343 g/mol. The van der Waals surface area contributed by atoms with Crippen molar-refractivity contribution in [2.45, 2.75) is 25.8 Å². The van der Waals surface area contributed by atoms with Gasteiger partial charge in [-0.2, -0.15) is 0 Å². The Labute approximate surface area is 147 Å². The smallest absolute Gasteiger partial charge is 0.270 e. The Kier molecular flexibility index (Phi) is 6.06. The van der Waals surface area contributed by atoms with Crippen LogP contribution in [-0.4, -0.2) is 41.7 Å². The average Bonchev–Trinajstić information content (AvgIpc) is 2.65. The molecule has 0 spiro atoms. The van der Waals surface area contributed by atoms with Crippen molar-refractivity contribution in [1.29, 1.82) is 0 Å². The van der Waals surface area contributed by atoms with Crippen molar-refractivity contribution in [2.75, 3.05) is 26.8 Å². The van der Waals surface area contributed by atoms with Crippen LogP contribution in [0.2, 0.25) is 0 Å². The molecule has 2 aromatic rings. The first kappa shape index (κ1) is 17.5. The predicted molar refractivity (Wildman–Crippen MR) is 96.0 cm³/mol. The van der Waals surface area contributed by atoms with Crippen LogP contribution < -0.4 is 15.0 Å². The van der Waals surface area contributed by atoms with Gasteiger partial charge in [0.1, 0.15) is 5.69 Å². The number of para-hydroxylation sites is 2. The largest absolute Gasteiger partial charge is 0.493 e. The number of piperidine rings is 1. The molecule has 6 heteroatoms. The van der Waals surface area contributed by atoms with Crippen molar-refractivity contribution >= 4 is 0 Å². The second-order valence-corrected chi connectivity index (χ2v) is 6.37. The molecule has 2 heterocycles. The van der Waals surface area contributed by atoms with E-state index in [-0.39, 0.29) is 5.56 Å². The molecule has 0 saturated carbocycles. The molecule has 6 nitrogen and oxygen atoms in total. The summed E-state index contributed by atoms with van der Waals surface area (Å²) in [5, 5.41) is 0. The van der Waals surface area contributed by atoms with E-state index >= 15 is 0 Å². The van der Waals surface area contributed by atoms with Crippen LogP contribution in [-0.2, 0) is 6.54 Å². The van der Waals surface area contributed by atoms with E-state index in [1.165, 1.54) is 0 Å². The van der Waals surface area contributed by atoms with E-state index in [9.17, 15) is 4.79 Å². The van der Waals surface area contributed by atoms with E-state index < -0.39 is 0 Å². The van der Waals surface area contributed by atoms with Crippen molar-refractivity contribution in [3.63, 3.8) is 0 Å². The fraction of sp³-hybridized carbons (Fsp3) is 0.474. The number of hydrogen-bond donors (Lipinski definition) is 1. The third kappa shape index (κ3) is 4.82. The fourth-order valence-corrected chi connectivity index (χ4v) is 3.21. The minimum atomic E-state index is -0.0881. The highest BCUT2D eigenvalue weighted by Gasteiger charge is 2.20. The number of aromatic amines is 1. The van der Waals surface area contributed by atoms with Crippen LogP contribution in [0.25, 0.3) is 0 Å². The first-order valence-electron chi connectivity index (χ1n) is 8.77. The van der Waals surface area contributed by atoms with Crippen LogP contribution >= 0.6 is 0 Å². The van der Waals surface area contributed by atoms with Crippen LogP contribution in [0, 0.1) is 5.92 Å². The number of nitrogens with one attached hydrogen (secondary N) is 1. The summed E-state index contributed by atoms with van der Waals surface area (Å²) in [6.07, 6.45) is 6.49. The molecule has 0 atom stereocenters. The summed E-state index contributed by atoms with van der Waals surface area (Å²) in [6.45, 7) is 3.32. The van der Waals surface area contributed by atoms with Crippen LogP contribution in [0.1, 0.15) is 25.0 Å². The number of ether oxygens (including phenoxy) is 2. The molecule has 3 rings (SSSR count). The minimum absolute atomic E-state index is 0.0881. The van der Waals surface area contributed by atoms with Crippen LogP contribution in [0.3, 0.4) is 0 Å². The summed E-state index contributed by atoms with van der Waals surface area (Å²) < 4.78 is 11.2. The second kappa shape index (κ2) is 8.67. The number of hydrogen-bond acceptors (Lipinski definition) is 5. The molecule has 0 aliphatic carbocycles. The first-order valence-corrected chi connectivity index (χ1v) is 8.77. The number of methoxy groups -OCH3 is 1. The van der Waals surface area contributed by atoms with Crippen molar-refractivity contribution in [2.24, 2.45) is 5.92 Å². The van der Waals surface area contributed by atoms with E-state index in [4.69, 9.17) is 9.47 Å². The molecule has 0 bridgehead atoms. The molecular formula is C19H25N3O3. The number of rotatable bonds is 7. The minimum Gasteiger partial charge on any atom is -0.493 e. The van der Waals surface area contributed by atoms with E-state index in [0.717, 1.165) is 43.9 Å². The van der Waals surface area contributed by atoms with Gasteiger partial charge in [0.2, 0.25) is 0 Å². The molecule has 1 aromatic carbocycles. The lowest BCUT2D eigenvalue weighted by Crippen LogP contribution is -2.35. The Balaban J connectivity index is 1.41. The van der Waals surface area contributed by atoms with Gasteiger partial charge in [-0.15, -0.1) is 0 Å². The standard InChI is InChI=1S/C19H25N3O3/c1-24-17-4-2-3-5-18(17)25-13-8-15-6-11-22(12-7-15)14-16-19(23)21-10-9-20-16/h2-5,9-10,15H,6-8,11-14H2,1H3,(H,21,23). The van der Waals surface area contributed by atoms with Crippen molar-refractivity contribution in [3.05, 3.63) is 52.7 Å². The monoisotopic (exact) mass is 343 g/mol. The lowest BCUT2D eigenvalue weighted by molar-refractivity contribution is 0.155. The predicted octanol–water partition coefficient (Wildman–Crippen LogP) is 2.46. The van der Waals surface area contributed by atoms with Gasteiger partial charge in [0, 0.05) is 18.9 Å². The third-order valence-electron chi connectivity index (χ3n) is 4.71. The Morgan fingerprint density at radius 3 is 2.72 bits per heavy atom. The Bertz CT molecular complexity index is 724. The number of H-pyrrole nitrogens is 1. The zero-order valence-corrected chi connectivity index (χ0v) is 14.6.